The van der Waals surface area contributed by atoms with Crippen molar-refractivity contribution >= 4 is 23.5 Å². The maximum absolute atomic E-state index is 11.7. The van der Waals surface area contributed by atoms with E-state index in [4.69, 9.17) is 5.11 Å². The summed E-state index contributed by atoms with van der Waals surface area (Å²) in [6.45, 7) is 1.95. The van der Waals surface area contributed by atoms with Gasteiger partial charge in [-0.15, -0.1) is 0 Å². The lowest BCUT2D eigenvalue weighted by molar-refractivity contribution is 0.0690. The normalized spacial score (nSPS) is 14.4. The van der Waals surface area contributed by atoms with Gasteiger partial charge in [-0.2, -0.15) is 0 Å². The first-order valence-corrected chi connectivity index (χ1v) is 8.00. The molecule has 2 aromatic rings. The summed E-state index contributed by atoms with van der Waals surface area (Å²) >= 11 is 0. The Morgan fingerprint density at radius 1 is 1.16 bits per heavy atom. The first-order valence-electron chi connectivity index (χ1n) is 8.00. The molecule has 25 heavy (non-hydrogen) atoms. The van der Waals surface area contributed by atoms with Gasteiger partial charge in [0.2, 0.25) is 0 Å². The molecule has 130 valence electrons. The Bertz CT molecular complexity index is 757. The Labute approximate surface area is 144 Å². The minimum atomic E-state index is -1.11. The summed E-state index contributed by atoms with van der Waals surface area (Å²) in [5, 5.41) is 17.6. The molecule has 1 atom stereocenters. The summed E-state index contributed by atoms with van der Waals surface area (Å²) in [6, 6.07) is 7.55. The number of anilines is 2. The molecule has 1 unspecified atom stereocenters. The molecule has 3 rings (SSSR count). The number of nitrogens with one attached hydrogen (secondary N) is 3. The molecule has 1 aliphatic carbocycles. The Morgan fingerprint density at radius 3 is 2.44 bits per heavy atom. The summed E-state index contributed by atoms with van der Waals surface area (Å²) in [5.74, 6) is -0.621. The van der Waals surface area contributed by atoms with Crippen molar-refractivity contribution in [3.05, 3.63) is 47.9 Å². The van der Waals surface area contributed by atoms with E-state index in [1.54, 1.807) is 0 Å². The van der Waals surface area contributed by atoms with Crippen LogP contribution in [0.4, 0.5) is 16.3 Å². The lowest BCUT2D eigenvalue weighted by Gasteiger charge is -2.15. The van der Waals surface area contributed by atoms with E-state index < -0.39 is 5.97 Å². The number of carboxylic acid groups (broad SMARTS) is 1. The van der Waals surface area contributed by atoms with Crippen LogP contribution in [-0.4, -0.2) is 33.1 Å². The van der Waals surface area contributed by atoms with Gasteiger partial charge in [-0.3, -0.25) is 0 Å². The van der Waals surface area contributed by atoms with Crippen LogP contribution in [-0.2, 0) is 0 Å². The number of aromatic carboxylic acids is 1. The molecule has 0 bridgehead atoms. The highest BCUT2D eigenvalue weighted by Crippen LogP contribution is 2.21. The fourth-order valence-corrected chi connectivity index (χ4v) is 2.25. The third-order valence-electron chi connectivity index (χ3n) is 3.82. The van der Waals surface area contributed by atoms with E-state index in [9.17, 15) is 9.59 Å². The quantitative estimate of drug-likeness (QED) is 0.642. The molecule has 1 saturated carbocycles. The largest absolute Gasteiger partial charge is 0.476 e. The maximum Gasteiger partial charge on any atom is 0.356 e. The highest BCUT2D eigenvalue weighted by molar-refractivity contribution is 5.89. The molecule has 0 radical (unpaired) electrons. The Balaban J connectivity index is 1.57. The molecular weight excluding hydrogens is 322 g/mol. The average molecular weight is 341 g/mol. The minimum Gasteiger partial charge on any atom is -0.476 e. The molecule has 8 nitrogen and oxygen atoms in total. The van der Waals surface area contributed by atoms with Crippen molar-refractivity contribution in [1.82, 2.24) is 15.3 Å². The zero-order valence-electron chi connectivity index (χ0n) is 13.7. The molecule has 2 amide bonds. The van der Waals surface area contributed by atoms with Gasteiger partial charge in [0.1, 0.15) is 5.82 Å². The lowest BCUT2D eigenvalue weighted by atomic mass is 10.1. The predicted molar refractivity (Wildman–Crippen MR) is 92.6 cm³/mol. The van der Waals surface area contributed by atoms with Crippen LogP contribution < -0.4 is 16.0 Å². The maximum atomic E-state index is 11.7. The number of amides is 2. The fourth-order valence-electron chi connectivity index (χ4n) is 2.25. The van der Waals surface area contributed by atoms with Crippen LogP contribution in [0.5, 0.6) is 0 Å². The van der Waals surface area contributed by atoms with Gasteiger partial charge in [0, 0.05) is 17.8 Å². The molecule has 1 aromatic heterocycles. The van der Waals surface area contributed by atoms with E-state index >= 15 is 0 Å². The first kappa shape index (κ1) is 16.7. The van der Waals surface area contributed by atoms with Crippen molar-refractivity contribution < 1.29 is 14.7 Å². The highest BCUT2D eigenvalue weighted by atomic mass is 16.4. The minimum absolute atomic E-state index is 0.0562. The number of carboxylic acids is 1. The molecule has 1 fully saturated rings. The van der Waals surface area contributed by atoms with Crippen LogP contribution in [0.25, 0.3) is 0 Å². The molecule has 4 N–H and O–H groups in total. The number of hydrogen-bond acceptors (Lipinski definition) is 5. The first-order chi connectivity index (χ1) is 12.0. The standard InChI is InChI=1S/C17H19N5O3/c1-10(20-15-9-18-14(8-19-15)16(23)24)11-2-4-12(5-3-11)21-17(25)22-13-6-7-13/h2-5,8-10,13H,6-7H2,1H3,(H,19,20)(H,23,24)(H2,21,22,25). The molecule has 8 heteroatoms. The van der Waals surface area contributed by atoms with Gasteiger partial charge >= 0.3 is 12.0 Å². The monoisotopic (exact) mass is 341 g/mol. The molecule has 0 saturated heterocycles. The van der Waals surface area contributed by atoms with Crippen LogP contribution in [0, 0.1) is 0 Å². The highest BCUT2D eigenvalue weighted by Gasteiger charge is 2.23. The zero-order valence-corrected chi connectivity index (χ0v) is 13.7. The van der Waals surface area contributed by atoms with Crippen molar-refractivity contribution in [2.24, 2.45) is 0 Å². The second-order valence-corrected chi connectivity index (χ2v) is 5.95. The van der Waals surface area contributed by atoms with Gasteiger partial charge in [-0.1, -0.05) is 12.1 Å². The number of carbonyl (C=O) groups excluding carboxylic acids is 1. The topological polar surface area (TPSA) is 116 Å². The van der Waals surface area contributed by atoms with E-state index in [0.29, 0.717) is 11.9 Å². The number of carbonyl (C=O) groups is 2. The molecule has 1 heterocycles. The Morgan fingerprint density at radius 2 is 1.88 bits per heavy atom. The number of nitrogens with zero attached hydrogens (tertiary/aromatic N) is 2. The fraction of sp³-hybridized carbons (Fsp3) is 0.294. The van der Waals surface area contributed by atoms with Crippen molar-refractivity contribution in [1.29, 1.82) is 0 Å². The smallest absolute Gasteiger partial charge is 0.356 e. The number of rotatable bonds is 6. The SMILES string of the molecule is CC(Nc1cnc(C(=O)O)cn1)c1ccc(NC(=O)NC2CC2)cc1. The van der Waals surface area contributed by atoms with Gasteiger partial charge < -0.3 is 21.1 Å². The van der Waals surface area contributed by atoms with Crippen molar-refractivity contribution in [2.75, 3.05) is 10.6 Å². The van der Waals surface area contributed by atoms with E-state index in [-0.39, 0.29) is 17.8 Å². The summed E-state index contributed by atoms with van der Waals surface area (Å²) in [4.78, 5) is 30.3. The Kier molecular flexibility index (Phi) is 4.78. The van der Waals surface area contributed by atoms with Crippen molar-refractivity contribution in [3.63, 3.8) is 0 Å². The van der Waals surface area contributed by atoms with E-state index in [2.05, 4.69) is 25.9 Å². The third kappa shape index (κ3) is 4.66. The van der Waals surface area contributed by atoms with Gasteiger partial charge in [0.25, 0.3) is 0 Å². The molecule has 1 aliphatic rings. The van der Waals surface area contributed by atoms with E-state index in [1.165, 1.54) is 12.4 Å². The zero-order chi connectivity index (χ0) is 17.8. The molecule has 0 aliphatic heterocycles. The van der Waals surface area contributed by atoms with Gasteiger partial charge in [0.05, 0.1) is 12.4 Å². The van der Waals surface area contributed by atoms with E-state index in [1.807, 2.05) is 31.2 Å². The predicted octanol–water partition coefficient (Wildman–Crippen LogP) is 2.63. The van der Waals surface area contributed by atoms with E-state index in [0.717, 1.165) is 24.1 Å². The summed E-state index contributed by atoms with van der Waals surface area (Å²) in [5.41, 5.74) is 1.62. The third-order valence-corrected chi connectivity index (χ3v) is 3.82. The molecule has 1 aromatic carbocycles. The van der Waals surface area contributed by atoms with Crippen LogP contribution in [0.1, 0.15) is 41.9 Å². The van der Waals surface area contributed by atoms with Gasteiger partial charge in [0.15, 0.2) is 5.69 Å². The Hall–Kier alpha value is -3.16. The van der Waals surface area contributed by atoms with Crippen LogP contribution >= 0.6 is 0 Å². The average Bonchev–Trinajstić information content (AvgIpc) is 3.39. The van der Waals surface area contributed by atoms with Gasteiger partial charge in [-0.25, -0.2) is 19.6 Å². The molecule has 0 spiro atoms. The summed E-state index contributed by atoms with van der Waals surface area (Å²) in [6.07, 6.45) is 4.69. The lowest BCUT2D eigenvalue weighted by Crippen LogP contribution is -2.30. The number of hydrogen-bond donors (Lipinski definition) is 4. The second kappa shape index (κ2) is 7.16. The van der Waals surface area contributed by atoms with Gasteiger partial charge in [-0.05, 0) is 37.5 Å². The van der Waals surface area contributed by atoms with Crippen molar-refractivity contribution in [3.8, 4) is 0 Å². The van der Waals surface area contributed by atoms with Crippen LogP contribution in [0.2, 0.25) is 0 Å². The number of urea groups is 1. The second-order valence-electron chi connectivity index (χ2n) is 5.95. The molecular formula is C17H19N5O3. The summed E-state index contributed by atoms with van der Waals surface area (Å²) in [7, 11) is 0. The van der Waals surface area contributed by atoms with Crippen LogP contribution in [0.3, 0.4) is 0 Å². The number of aromatic nitrogens is 2. The summed E-state index contributed by atoms with van der Waals surface area (Å²) < 4.78 is 0. The number of benzene rings is 1. The van der Waals surface area contributed by atoms with Crippen LogP contribution in [0.15, 0.2) is 36.7 Å². The van der Waals surface area contributed by atoms with Crippen molar-refractivity contribution in [2.45, 2.75) is 31.8 Å².